The Labute approximate surface area is 132 Å². The topological polar surface area (TPSA) is 202 Å². The standard InChI is InChI=1S/2C5H9NO3.C2H5NO2/c2*7-3-1-2-6-4(3)5(8)9;3-1-2(4)5/h2*3-4,6-7H,1-2H2,(H,8,9);1,3H2,(H,4,5)/t2*3?,4-;/m00./s1. The first-order valence-corrected chi connectivity index (χ1v) is 6.91. The van der Waals surface area contributed by atoms with Gasteiger partial charge < -0.3 is 41.9 Å². The number of nitrogens with two attached hydrogens (primary N) is 1. The van der Waals surface area contributed by atoms with Crippen LogP contribution in [-0.2, 0) is 14.4 Å². The van der Waals surface area contributed by atoms with E-state index in [1.54, 1.807) is 0 Å². The van der Waals surface area contributed by atoms with Crippen molar-refractivity contribution in [3.05, 3.63) is 0 Å². The van der Waals surface area contributed by atoms with E-state index < -0.39 is 42.2 Å². The highest BCUT2D eigenvalue weighted by Gasteiger charge is 2.31. The zero-order chi connectivity index (χ0) is 18.0. The summed E-state index contributed by atoms with van der Waals surface area (Å²) in [6.07, 6.45) is -0.335. The van der Waals surface area contributed by atoms with E-state index in [4.69, 9.17) is 25.5 Å². The number of hydrogen-bond acceptors (Lipinski definition) is 8. The van der Waals surface area contributed by atoms with E-state index in [1.807, 2.05) is 0 Å². The molecule has 0 aromatic heterocycles. The van der Waals surface area contributed by atoms with Gasteiger partial charge in [0.1, 0.15) is 12.1 Å². The van der Waals surface area contributed by atoms with Crippen LogP contribution in [0.5, 0.6) is 0 Å². The average Bonchev–Trinajstić information content (AvgIpc) is 3.08. The highest BCUT2D eigenvalue weighted by molar-refractivity contribution is 5.75. The molecule has 2 fully saturated rings. The molecule has 0 aliphatic carbocycles. The molecule has 2 aliphatic heterocycles. The second-order valence-electron chi connectivity index (χ2n) is 4.85. The smallest absolute Gasteiger partial charge is 0.323 e. The number of aliphatic hydroxyl groups excluding tert-OH is 2. The van der Waals surface area contributed by atoms with E-state index in [0.29, 0.717) is 25.9 Å². The van der Waals surface area contributed by atoms with Gasteiger partial charge in [0, 0.05) is 0 Å². The van der Waals surface area contributed by atoms with Crippen molar-refractivity contribution < 1.29 is 39.9 Å². The van der Waals surface area contributed by atoms with Crippen LogP contribution in [0.25, 0.3) is 0 Å². The van der Waals surface area contributed by atoms with Gasteiger partial charge in [0.25, 0.3) is 0 Å². The molecular formula is C12H23N3O8. The molecule has 2 rings (SSSR count). The largest absolute Gasteiger partial charge is 0.480 e. The Morgan fingerprint density at radius 1 is 0.870 bits per heavy atom. The molecule has 0 bridgehead atoms. The van der Waals surface area contributed by atoms with Crippen LogP contribution >= 0.6 is 0 Å². The number of hydrogen-bond donors (Lipinski definition) is 8. The van der Waals surface area contributed by atoms with Crippen LogP contribution in [0.1, 0.15) is 12.8 Å². The maximum Gasteiger partial charge on any atom is 0.323 e. The lowest BCUT2D eigenvalue weighted by Crippen LogP contribution is -2.38. The molecule has 4 atom stereocenters. The van der Waals surface area contributed by atoms with Crippen molar-refractivity contribution in [2.45, 2.75) is 37.1 Å². The monoisotopic (exact) mass is 337 g/mol. The van der Waals surface area contributed by atoms with Crippen molar-refractivity contribution in [3.8, 4) is 0 Å². The minimum atomic E-state index is -0.972. The second-order valence-corrected chi connectivity index (χ2v) is 4.85. The predicted molar refractivity (Wildman–Crippen MR) is 76.8 cm³/mol. The van der Waals surface area contributed by atoms with Crippen molar-refractivity contribution in [3.63, 3.8) is 0 Å². The first-order valence-electron chi connectivity index (χ1n) is 6.91. The fraction of sp³-hybridized carbons (Fsp3) is 0.750. The minimum Gasteiger partial charge on any atom is -0.480 e. The van der Waals surface area contributed by atoms with Crippen LogP contribution < -0.4 is 16.4 Å². The summed E-state index contributed by atoms with van der Waals surface area (Å²) in [7, 11) is 0. The maximum atomic E-state index is 10.2. The Kier molecular flexibility index (Phi) is 10.0. The number of carbonyl (C=O) groups is 3. The highest BCUT2D eigenvalue weighted by atomic mass is 16.4. The molecule has 2 unspecified atom stereocenters. The van der Waals surface area contributed by atoms with Crippen molar-refractivity contribution in [2.24, 2.45) is 5.73 Å². The number of nitrogens with one attached hydrogen (secondary N) is 2. The van der Waals surface area contributed by atoms with E-state index in [1.165, 1.54) is 0 Å². The van der Waals surface area contributed by atoms with Gasteiger partial charge in [-0.25, -0.2) is 0 Å². The zero-order valence-electron chi connectivity index (χ0n) is 12.4. The summed E-state index contributed by atoms with van der Waals surface area (Å²) < 4.78 is 0. The van der Waals surface area contributed by atoms with Crippen molar-refractivity contribution in [2.75, 3.05) is 19.6 Å². The molecule has 2 aliphatic rings. The van der Waals surface area contributed by atoms with E-state index in [0.717, 1.165) is 0 Å². The SMILES string of the molecule is NCC(=O)O.O=C(O)[C@H]1NCCC1O.O=C(O)[C@H]1NCCC1O. The van der Waals surface area contributed by atoms with Crippen molar-refractivity contribution in [1.82, 2.24) is 10.6 Å². The van der Waals surface area contributed by atoms with Crippen molar-refractivity contribution >= 4 is 17.9 Å². The molecule has 9 N–H and O–H groups in total. The van der Waals surface area contributed by atoms with Gasteiger partial charge in [-0.1, -0.05) is 0 Å². The summed E-state index contributed by atoms with van der Waals surface area (Å²) in [5.41, 5.74) is 4.57. The van der Waals surface area contributed by atoms with Gasteiger partial charge >= 0.3 is 17.9 Å². The van der Waals surface area contributed by atoms with Gasteiger partial charge in [0.05, 0.1) is 18.8 Å². The van der Waals surface area contributed by atoms with E-state index in [-0.39, 0.29) is 6.54 Å². The molecule has 0 aromatic carbocycles. The van der Waals surface area contributed by atoms with Gasteiger partial charge in [-0.05, 0) is 25.9 Å². The lowest BCUT2D eigenvalue weighted by atomic mass is 10.2. The number of aliphatic carboxylic acids is 3. The highest BCUT2D eigenvalue weighted by Crippen LogP contribution is 2.06. The molecule has 0 spiro atoms. The third kappa shape index (κ3) is 8.42. The van der Waals surface area contributed by atoms with Crippen LogP contribution in [0.3, 0.4) is 0 Å². The lowest BCUT2D eigenvalue weighted by Gasteiger charge is -2.06. The van der Waals surface area contributed by atoms with Crippen LogP contribution in [0.15, 0.2) is 0 Å². The Bertz CT molecular complexity index is 376. The van der Waals surface area contributed by atoms with Crippen LogP contribution in [-0.4, -0.2) is 87.4 Å². The predicted octanol–water partition coefficient (Wildman–Crippen LogP) is -3.38. The van der Waals surface area contributed by atoms with Crippen LogP contribution in [0.2, 0.25) is 0 Å². The van der Waals surface area contributed by atoms with Gasteiger partial charge in [-0.2, -0.15) is 0 Å². The summed E-state index contributed by atoms with van der Waals surface area (Å²) in [6.45, 7) is 0.913. The Balaban J connectivity index is 0.000000332. The van der Waals surface area contributed by atoms with E-state index in [9.17, 15) is 14.4 Å². The Morgan fingerprint density at radius 3 is 1.26 bits per heavy atom. The summed E-state index contributed by atoms with van der Waals surface area (Å²) in [4.78, 5) is 29.6. The fourth-order valence-electron chi connectivity index (χ4n) is 1.88. The first-order chi connectivity index (χ1) is 10.7. The molecule has 0 amide bonds. The summed E-state index contributed by atoms with van der Waals surface area (Å²) >= 11 is 0. The van der Waals surface area contributed by atoms with Crippen LogP contribution in [0, 0.1) is 0 Å². The summed E-state index contributed by atoms with van der Waals surface area (Å²) in [5.74, 6) is -2.91. The Hall–Kier alpha value is -1.79. The van der Waals surface area contributed by atoms with E-state index in [2.05, 4.69) is 16.4 Å². The maximum absolute atomic E-state index is 10.2. The summed E-state index contributed by atoms with van der Waals surface area (Å²) in [6, 6.07) is -1.49. The normalized spacial score (nSPS) is 28.8. The van der Waals surface area contributed by atoms with Gasteiger partial charge in [0.2, 0.25) is 0 Å². The van der Waals surface area contributed by atoms with Crippen molar-refractivity contribution in [1.29, 1.82) is 0 Å². The third-order valence-corrected chi connectivity index (χ3v) is 3.08. The minimum absolute atomic E-state index is 0.278. The molecule has 0 aromatic rings. The van der Waals surface area contributed by atoms with Gasteiger partial charge in [-0.3, -0.25) is 14.4 Å². The fourth-order valence-corrected chi connectivity index (χ4v) is 1.88. The quantitative estimate of drug-likeness (QED) is 0.255. The number of carboxylic acids is 3. The molecule has 134 valence electrons. The van der Waals surface area contributed by atoms with Gasteiger partial charge in [-0.15, -0.1) is 0 Å². The van der Waals surface area contributed by atoms with Gasteiger partial charge in [0.15, 0.2) is 0 Å². The number of carboxylic acid groups (broad SMARTS) is 3. The molecular weight excluding hydrogens is 314 g/mol. The molecule has 11 nitrogen and oxygen atoms in total. The molecule has 23 heavy (non-hydrogen) atoms. The molecule has 2 heterocycles. The number of aliphatic hydroxyl groups is 2. The first kappa shape index (κ1) is 21.2. The molecule has 0 saturated carbocycles. The lowest BCUT2D eigenvalue weighted by molar-refractivity contribution is -0.142. The summed E-state index contributed by atoms with van der Waals surface area (Å²) in [5, 5.41) is 47.5. The van der Waals surface area contributed by atoms with E-state index >= 15 is 0 Å². The second kappa shape index (κ2) is 10.9. The Morgan fingerprint density at radius 2 is 1.17 bits per heavy atom. The zero-order valence-corrected chi connectivity index (χ0v) is 12.4. The average molecular weight is 337 g/mol. The molecule has 2 saturated heterocycles. The number of rotatable bonds is 3. The third-order valence-electron chi connectivity index (χ3n) is 3.08. The van der Waals surface area contributed by atoms with Crippen LogP contribution in [0.4, 0.5) is 0 Å². The molecule has 11 heteroatoms. The molecule has 0 radical (unpaired) electrons.